The van der Waals surface area contributed by atoms with Crippen molar-refractivity contribution in [2.45, 2.75) is 16.7 Å². The molecule has 0 spiro atoms. The Morgan fingerprint density at radius 1 is 1.14 bits per heavy atom. The van der Waals surface area contributed by atoms with Crippen LogP contribution in [0.2, 0.25) is 0 Å². The lowest BCUT2D eigenvalue weighted by Crippen LogP contribution is -2.20. The molecule has 21 heavy (non-hydrogen) atoms. The molecule has 0 aliphatic rings. The molecule has 0 aliphatic carbocycles. The van der Waals surface area contributed by atoms with Crippen molar-refractivity contribution in [3.63, 3.8) is 0 Å². The van der Waals surface area contributed by atoms with E-state index in [1.54, 1.807) is 30.3 Å². The summed E-state index contributed by atoms with van der Waals surface area (Å²) in [6.45, 7) is 0. The van der Waals surface area contributed by atoms with Gasteiger partial charge < -0.3 is 10.8 Å². The van der Waals surface area contributed by atoms with Crippen LogP contribution in [0.15, 0.2) is 59.5 Å². The number of sulfone groups is 1. The fourth-order valence-electron chi connectivity index (χ4n) is 1.79. The molecule has 2 unspecified atom stereocenters. The first kappa shape index (κ1) is 13.8. The van der Waals surface area contributed by atoms with E-state index in [9.17, 15) is 13.2 Å². The maximum Gasteiger partial charge on any atom is 0.325 e. The summed E-state index contributed by atoms with van der Waals surface area (Å²) in [5.41, 5.74) is 4.69. The summed E-state index contributed by atoms with van der Waals surface area (Å²) >= 11 is 0. The molecule has 2 atom stereocenters. The quantitative estimate of drug-likeness (QED) is 0.877. The second-order valence-corrected chi connectivity index (χ2v) is 6.26. The molecule has 0 saturated heterocycles. The summed E-state index contributed by atoms with van der Waals surface area (Å²) < 4.78 is 32.8. The third-order valence-electron chi connectivity index (χ3n) is 2.92. The van der Waals surface area contributed by atoms with Gasteiger partial charge in [-0.1, -0.05) is 42.5 Å². The molecule has 5 nitrogen and oxygen atoms in total. The first-order valence-electron chi connectivity index (χ1n) is 6.71. The van der Waals surface area contributed by atoms with Gasteiger partial charge in [-0.3, -0.25) is 4.79 Å². The fraction of sp³-hybridized carbons (Fsp3) is 0.133. The SMILES string of the molecule is [2H]C(c1ccccc1)S(=O)(=O)c1ccc(C(N)C(=O)O)cc1. The standard InChI is InChI=1S/C15H15NO4S/c16-14(15(17)18)12-6-8-13(9-7-12)21(19,20)10-11-4-2-1-3-5-11/h1-9,14H,10,16H2,(H,17,18)/i10D. The number of nitrogens with two attached hydrogens (primary N) is 1. The lowest BCUT2D eigenvalue weighted by Gasteiger charge is -2.09. The van der Waals surface area contributed by atoms with Gasteiger partial charge in [0.15, 0.2) is 9.84 Å². The Hall–Kier alpha value is -2.18. The summed E-state index contributed by atoms with van der Waals surface area (Å²) in [6.07, 6.45) is 0. The number of aliphatic carboxylic acids is 1. The predicted molar refractivity (Wildman–Crippen MR) is 78.3 cm³/mol. The van der Waals surface area contributed by atoms with Crippen molar-refractivity contribution in [2.24, 2.45) is 5.73 Å². The van der Waals surface area contributed by atoms with Crippen LogP contribution < -0.4 is 5.73 Å². The first-order chi connectivity index (χ1) is 10.3. The summed E-state index contributed by atoms with van der Waals surface area (Å²) in [5.74, 6) is -1.20. The zero-order valence-corrected chi connectivity index (χ0v) is 11.8. The second kappa shape index (κ2) is 6.07. The molecule has 3 N–H and O–H groups in total. The predicted octanol–water partition coefficient (Wildman–Crippen LogP) is 1.74. The molecular weight excluding hydrogens is 290 g/mol. The molecule has 6 heteroatoms. The molecule has 0 fully saturated rings. The lowest BCUT2D eigenvalue weighted by atomic mass is 10.1. The Labute approximate surface area is 124 Å². The summed E-state index contributed by atoms with van der Waals surface area (Å²) in [4.78, 5) is 10.8. The van der Waals surface area contributed by atoms with Crippen LogP contribution in [0.25, 0.3) is 0 Å². The van der Waals surface area contributed by atoms with Crippen molar-refractivity contribution in [1.29, 1.82) is 0 Å². The molecule has 0 aliphatic heterocycles. The number of benzene rings is 2. The molecule has 0 saturated carbocycles. The third kappa shape index (κ3) is 3.68. The molecule has 0 aromatic heterocycles. The van der Waals surface area contributed by atoms with Gasteiger partial charge in [0.05, 0.1) is 10.6 Å². The highest BCUT2D eigenvalue weighted by Crippen LogP contribution is 2.19. The van der Waals surface area contributed by atoms with Gasteiger partial charge in [-0.25, -0.2) is 8.42 Å². The van der Waals surface area contributed by atoms with E-state index in [2.05, 4.69) is 0 Å². The Balaban J connectivity index is 2.32. The third-order valence-corrected chi connectivity index (χ3v) is 4.44. The summed E-state index contributed by atoms with van der Waals surface area (Å²) in [5, 5.41) is 8.83. The van der Waals surface area contributed by atoms with Gasteiger partial charge in [0, 0.05) is 1.37 Å². The van der Waals surface area contributed by atoms with Crippen molar-refractivity contribution in [3.05, 3.63) is 65.7 Å². The topological polar surface area (TPSA) is 97.5 Å². The van der Waals surface area contributed by atoms with Crippen molar-refractivity contribution < 1.29 is 19.7 Å². The van der Waals surface area contributed by atoms with Gasteiger partial charge in [-0.2, -0.15) is 0 Å². The van der Waals surface area contributed by atoms with E-state index in [1.807, 2.05) is 0 Å². The van der Waals surface area contributed by atoms with Crippen molar-refractivity contribution in [3.8, 4) is 0 Å². The smallest absolute Gasteiger partial charge is 0.325 e. The number of hydrogen-bond donors (Lipinski definition) is 2. The Morgan fingerprint density at radius 2 is 1.71 bits per heavy atom. The van der Waals surface area contributed by atoms with Gasteiger partial charge in [0.25, 0.3) is 0 Å². The first-order valence-corrected chi connectivity index (χ1v) is 7.68. The van der Waals surface area contributed by atoms with Crippen LogP contribution in [0.5, 0.6) is 0 Å². The molecular formula is C15H15NO4S. The van der Waals surface area contributed by atoms with Crippen LogP contribution in [0.4, 0.5) is 0 Å². The van der Waals surface area contributed by atoms with Gasteiger partial charge in [-0.15, -0.1) is 0 Å². The Morgan fingerprint density at radius 3 is 2.24 bits per heavy atom. The highest BCUT2D eigenvalue weighted by atomic mass is 32.2. The number of carboxylic acid groups (broad SMARTS) is 1. The van der Waals surface area contributed by atoms with Crippen LogP contribution in [-0.4, -0.2) is 19.5 Å². The molecule has 0 bridgehead atoms. The monoisotopic (exact) mass is 306 g/mol. The van der Waals surface area contributed by atoms with E-state index < -0.39 is 27.6 Å². The maximum absolute atomic E-state index is 12.4. The normalized spacial score (nSPS) is 15.0. The zero-order chi connectivity index (χ0) is 16.3. The van der Waals surface area contributed by atoms with Crippen LogP contribution >= 0.6 is 0 Å². The fourth-order valence-corrected chi connectivity index (χ4v) is 2.95. The van der Waals surface area contributed by atoms with E-state index in [0.717, 1.165) is 0 Å². The number of carbonyl (C=O) groups is 1. The lowest BCUT2D eigenvalue weighted by molar-refractivity contribution is -0.138. The zero-order valence-electron chi connectivity index (χ0n) is 12.0. The average molecular weight is 306 g/mol. The molecule has 0 heterocycles. The van der Waals surface area contributed by atoms with Gasteiger partial charge in [0.1, 0.15) is 6.04 Å². The highest BCUT2D eigenvalue weighted by Gasteiger charge is 2.18. The van der Waals surface area contributed by atoms with E-state index in [1.165, 1.54) is 24.3 Å². The minimum atomic E-state index is -3.88. The van der Waals surface area contributed by atoms with Crippen LogP contribution in [0.3, 0.4) is 0 Å². The minimum Gasteiger partial charge on any atom is -0.480 e. The molecule has 0 amide bonds. The number of rotatable bonds is 5. The number of carboxylic acids is 1. The molecule has 2 aromatic rings. The Kier molecular flexibility index (Phi) is 3.98. The summed E-state index contributed by atoms with van der Waals surface area (Å²) in [7, 11) is -3.88. The van der Waals surface area contributed by atoms with E-state index in [4.69, 9.17) is 12.2 Å². The van der Waals surface area contributed by atoms with E-state index in [-0.39, 0.29) is 4.90 Å². The molecule has 110 valence electrons. The van der Waals surface area contributed by atoms with Gasteiger partial charge in [-0.05, 0) is 23.3 Å². The van der Waals surface area contributed by atoms with E-state index in [0.29, 0.717) is 11.1 Å². The van der Waals surface area contributed by atoms with Crippen LogP contribution in [0, 0.1) is 0 Å². The molecule has 0 radical (unpaired) electrons. The van der Waals surface area contributed by atoms with Crippen molar-refractivity contribution >= 4 is 15.8 Å². The largest absolute Gasteiger partial charge is 0.480 e. The van der Waals surface area contributed by atoms with E-state index >= 15 is 0 Å². The van der Waals surface area contributed by atoms with Gasteiger partial charge >= 0.3 is 5.97 Å². The average Bonchev–Trinajstić information content (AvgIpc) is 2.54. The highest BCUT2D eigenvalue weighted by molar-refractivity contribution is 7.90. The van der Waals surface area contributed by atoms with Crippen LogP contribution in [0.1, 0.15) is 18.5 Å². The van der Waals surface area contributed by atoms with Crippen LogP contribution in [-0.2, 0) is 20.4 Å². The Bertz CT molecular complexity index is 760. The maximum atomic E-state index is 12.4. The van der Waals surface area contributed by atoms with Gasteiger partial charge in [0.2, 0.25) is 0 Å². The van der Waals surface area contributed by atoms with Crippen molar-refractivity contribution in [1.82, 2.24) is 0 Å². The number of hydrogen-bond acceptors (Lipinski definition) is 4. The molecule has 2 rings (SSSR count). The summed E-state index contributed by atoms with van der Waals surface area (Å²) in [6, 6.07) is 12.3. The van der Waals surface area contributed by atoms with Crippen molar-refractivity contribution in [2.75, 3.05) is 0 Å². The molecule has 2 aromatic carbocycles. The second-order valence-electron chi connectivity index (χ2n) is 4.46. The minimum absolute atomic E-state index is 0.0438.